The maximum absolute atomic E-state index is 10.9. The van der Waals surface area contributed by atoms with E-state index in [1.807, 2.05) is 0 Å². The van der Waals surface area contributed by atoms with Crippen LogP contribution in [0.25, 0.3) is 0 Å². The summed E-state index contributed by atoms with van der Waals surface area (Å²) in [5, 5.41) is 2.60. The highest BCUT2D eigenvalue weighted by molar-refractivity contribution is 6.27. The van der Waals surface area contributed by atoms with Crippen LogP contribution in [0.4, 0.5) is 0 Å². The van der Waals surface area contributed by atoms with E-state index in [1.165, 1.54) is 7.11 Å². The van der Waals surface area contributed by atoms with Crippen LogP contribution in [0.15, 0.2) is 0 Å². The van der Waals surface area contributed by atoms with Crippen molar-refractivity contribution in [3.05, 3.63) is 0 Å². The summed E-state index contributed by atoms with van der Waals surface area (Å²) in [4.78, 5) is 21.8. The van der Waals surface area contributed by atoms with Gasteiger partial charge in [-0.1, -0.05) is 0 Å². The molecule has 0 aromatic heterocycles. The van der Waals surface area contributed by atoms with E-state index in [1.54, 1.807) is 13.8 Å². The zero-order chi connectivity index (χ0) is 10.5. The molecule has 0 bridgehead atoms. The SMILES string of the molecule is COC(=O)CC(C)(C)NC(=O)CCl. The van der Waals surface area contributed by atoms with Crippen LogP contribution < -0.4 is 5.32 Å². The minimum Gasteiger partial charge on any atom is -0.469 e. The van der Waals surface area contributed by atoms with Crippen molar-refractivity contribution in [1.29, 1.82) is 0 Å². The highest BCUT2D eigenvalue weighted by Gasteiger charge is 2.23. The van der Waals surface area contributed by atoms with Crippen molar-refractivity contribution in [2.75, 3.05) is 13.0 Å². The summed E-state index contributed by atoms with van der Waals surface area (Å²) in [7, 11) is 1.31. The lowest BCUT2D eigenvalue weighted by molar-refractivity contribution is -0.142. The number of methoxy groups -OCH3 is 1. The number of ether oxygens (including phenoxy) is 1. The Bertz CT molecular complexity index is 184. The number of alkyl halides is 1. The molecule has 0 saturated carbocycles. The molecule has 0 rings (SSSR count). The third kappa shape index (κ3) is 5.47. The number of esters is 1. The predicted molar refractivity (Wildman–Crippen MR) is 49.6 cm³/mol. The van der Waals surface area contributed by atoms with Gasteiger partial charge in [-0.25, -0.2) is 0 Å². The first kappa shape index (κ1) is 12.2. The second-order valence-corrected chi connectivity index (χ2v) is 3.59. The van der Waals surface area contributed by atoms with Gasteiger partial charge in [-0.15, -0.1) is 11.6 Å². The molecule has 0 heterocycles. The second kappa shape index (κ2) is 5.07. The number of carbonyl (C=O) groups is 2. The zero-order valence-electron chi connectivity index (χ0n) is 8.02. The molecule has 0 fully saturated rings. The van der Waals surface area contributed by atoms with Crippen molar-refractivity contribution in [2.24, 2.45) is 0 Å². The van der Waals surface area contributed by atoms with Gasteiger partial charge >= 0.3 is 5.97 Å². The second-order valence-electron chi connectivity index (χ2n) is 3.32. The van der Waals surface area contributed by atoms with Gasteiger partial charge in [0.05, 0.1) is 13.5 Å². The highest BCUT2D eigenvalue weighted by Crippen LogP contribution is 2.08. The molecule has 0 aromatic carbocycles. The number of carbonyl (C=O) groups excluding carboxylic acids is 2. The Morgan fingerprint density at radius 3 is 2.38 bits per heavy atom. The summed E-state index contributed by atoms with van der Waals surface area (Å²) in [5.41, 5.74) is -0.612. The first-order valence-corrected chi connectivity index (χ1v) is 4.38. The Balaban J connectivity index is 4.07. The smallest absolute Gasteiger partial charge is 0.307 e. The van der Waals surface area contributed by atoms with Crippen molar-refractivity contribution in [3.63, 3.8) is 0 Å². The molecule has 13 heavy (non-hydrogen) atoms. The van der Waals surface area contributed by atoms with E-state index in [9.17, 15) is 9.59 Å². The molecule has 5 heteroatoms. The van der Waals surface area contributed by atoms with Crippen molar-refractivity contribution in [2.45, 2.75) is 25.8 Å². The Morgan fingerprint density at radius 1 is 1.46 bits per heavy atom. The molecular weight excluding hydrogens is 194 g/mol. The molecule has 4 nitrogen and oxygen atoms in total. The van der Waals surface area contributed by atoms with Crippen molar-refractivity contribution in [1.82, 2.24) is 5.32 Å². The van der Waals surface area contributed by atoms with Gasteiger partial charge in [0, 0.05) is 5.54 Å². The predicted octanol–water partition coefficient (Wildman–Crippen LogP) is 0.683. The standard InChI is InChI=1S/C8H14ClNO3/c1-8(2,4-7(12)13-3)10-6(11)5-9/h4-5H2,1-3H3,(H,10,11). The average Bonchev–Trinajstić information content (AvgIpc) is 2.02. The van der Waals surface area contributed by atoms with Gasteiger partial charge in [0.1, 0.15) is 5.88 Å². The Morgan fingerprint density at radius 2 is 2.00 bits per heavy atom. The first-order valence-electron chi connectivity index (χ1n) is 3.85. The van der Waals surface area contributed by atoms with Crippen LogP contribution in [-0.2, 0) is 14.3 Å². The van der Waals surface area contributed by atoms with Crippen molar-refractivity contribution >= 4 is 23.5 Å². The Labute approximate surface area is 82.6 Å². The van der Waals surface area contributed by atoms with Crippen LogP contribution in [0.5, 0.6) is 0 Å². The monoisotopic (exact) mass is 207 g/mol. The third-order valence-electron chi connectivity index (χ3n) is 1.41. The van der Waals surface area contributed by atoms with E-state index in [0.717, 1.165) is 0 Å². The summed E-state index contributed by atoms with van der Waals surface area (Å²) < 4.78 is 4.48. The maximum Gasteiger partial charge on any atom is 0.307 e. The van der Waals surface area contributed by atoms with Gasteiger partial charge < -0.3 is 10.1 Å². The summed E-state index contributed by atoms with van der Waals surface area (Å²) in [6, 6.07) is 0. The summed E-state index contributed by atoms with van der Waals surface area (Å²) in [6.45, 7) is 3.46. The van der Waals surface area contributed by atoms with Crippen molar-refractivity contribution < 1.29 is 14.3 Å². The summed E-state index contributed by atoms with van der Waals surface area (Å²) >= 11 is 5.30. The molecule has 1 amide bonds. The van der Waals surface area contributed by atoms with Gasteiger partial charge in [-0.2, -0.15) is 0 Å². The molecule has 0 aromatic rings. The van der Waals surface area contributed by atoms with E-state index in [0.29, 0.717) is 0 Å². The van der Waals surface area contributed by atoms with E-state index in [4.69, 9.17) is 11.6 Å². The lowest BCUT2D eigenvalue weighted by atomic mass is 10.0. The number of nitrogens with one attached hydrogen (secondary N) is 1. The molecule has 0 atom stereocenters. The molecular formula is C8H14ClNO3. The lowest BCUT2D eigenvalue weighted by Gasteiger charge is -2.24. The Hall–Kier alpha value is -0.770. The largest absolute Gasteiger partial charge is 0.469 e. The fourth-order valence-electron chi connectivity index (χ4n) is 0.888. The molecule has 0 saturated heterocycles. The number of halogens is 1. The molecule has 0 aliphatic rings. The van der Waals surface area contributed by atoms with Gasteiger partial charge in [-0.3, -0.25) is 9.59 Å². The summed E-state index contributed by atoms with van der Waals surface area (Å²) in [6.07, 6.45) is 0.131. The number of hydrogen-bond donors (Lipinski definition) is 1. The van der Waals surface area contributed by atoms with Gasteiger partial charge in [0.25, 0.3) is 0 Å². The van der Waals surface area contributed by atoms with E-state index in [2.05, 4.69) is 10.1 Å². The van der Waals surface area contributed by atoms with Gasteiger partial charge in [0.2, 0.25) is 5.91 Å². The normalized spacial score (nSPS) is 10.8. The maximum atomic E-state index is 10.9. The number of rotatable bonds is 4. The first-order chi connectivity index (χ1) is 5.91. The zero-order valence-corrected chi connectivity index (χ0v) is 8.77. The van der Waals surface area contributed by atoms with Crippen LogP contribution in [0.1, 0.15) is 20.3 Å². The van der Waals surface area contributed by atoms with E-state index in [-0.39, 0.29) is 24.2 Å². The summed E-state index contributed by atoms with van der Waals surface area (Å²) in [5.74, 6) is -0.764. The molecule has 1 N–H and O–H groups in total. The minimum atomic E-state index is -0.612. The van der Waals surface area contributed by atoms with E-state index >= 15 is 0 Å². The van der Waals surface area contributed by atoms with Crippen LogP contribution in [-0.4, -0.2) is 30.4 Å². The minimum absolute atomic E-state index is 0.107. The van der Waals surface area contributed by atoms with Crippen LogP contribution in [0.2, 0.25) is 0 Å². The molecule has 0 aliphatic heterocycles. The van der Waals surface area contributed by atoms with Crippen LogP contribution >= 0.6 is 11.6 Å². The Kier molecular flexibility index (Phi) is 4.77. The highest BCUT2D eigenvalue weighted by atomic mass is 35.5. The van der Waals surface area contributed by atoms with Gasteiger partial charge in [-0.05, 0) is 13.8 Å². The van der Waals surface area contributed by atoms with Crippen LogP contribution in [0.3, 0.4) is 0 Å². The topological polar surface area (TPSA) is 55.4 Å². The molecule has 0 aliphatic carbocycles. The average molecular weight is 208 g/mol. The quantitative estimate of drug-likeness (QED) is 0.545. The molecule has 0 radical (unpaired) electrons. The molecule has 0 spiro atoms. The van der Waals surface area contributed by atoms with Gasteiger partial charge in [0.15, 0.2) is 0 Å². The number of hydrogen-bond acceptors (Lipinski definition) is 3. The molecule has 0 unspecified atom stereocenters. The van der Waals surface area contributed by atoms with E-state index < -0.39 is 5.54 Å². The number of amides is 1. The fourth-order valence-corrected chi connectivity index (χ4v) is 0.955. The third-order valence-corrected chi connectivity index (χ3v) is 1.66. The fraction of sp³-hybridized carbons (Fsp3) is 0.750. The molecule has 76 valence electrons. The van der Waals surface area contributed by atoms with Crippen molar-refractivity contribution in [3.8, 4) is 0 Å². The van der Waals surface area contributed by atoms with Crippen LogP contribution in [0, 0.1) is 0 Å². The lowest BCUT2D eigenvalue weighted by Crippen LogP contribution is -2.45.